The highest BCUT2D eigenvalue weighted by molar-refractivity contribution is 6.01. The van der Waals surface area contributed by atoms with Crippen molar-refractivity contribution in [3.63, 3.8) is 0 Å². The van der Waals surface area contributed by atoms with Gasteiger partial charge in [0.1, 0.15) is 22.6 Å². The summed E-state index contributed by atoms with van der Waals surface area (Å²) >= 11 is 0. The van der Waals surface area contributed by atoms with Crippen molar-refractivity contribution in [2.75, 3.05) is 17.2 Å². The highest BCUT2D eigenvalue weighted by Crippen LogP contribution is 2.26. The van der Waals surface area contributed by atoms with Crippen LogP contribution in [-0.2, 0) is 19.5 Å². The van der Waals surface area contributed by atoms with Crippen molar-refractivity contribution in [1.29, 1.82) is 0 Å². The lowest BCUT2D eigenvalue weighted by atomic mass is 9.96. The maximum atomic E-state index is 12.8. The normalized spacial score (nSPS) is 13.1. The number of nitrogens with zero attached hydrogens (tertiary/aromatic N) is 4. The molecule has 1 aliphatic rings. The highest BCUT2D eigenvalue weighted by Gasteiger charge is 2.27. The number of nitrogen functional groups attached to an aromatic ring is 1. The quantitative estimate of drug-likeness (QED) is 0.248. The molecule has 182 valence electrons. The molecule has 0 bridgehead atoms. The topological polar surface area (TPSA) is 203 Å². The van der Waals surface area contributed by atoms with Gasteiger partial charge in [0.2, 0.25) is 0 Å². The van der Waals surface area contributed by atoms with Gasteiger partial charge >= 0.3 is 5.97 Å². The Labute approximate surface area is 201 Å². The van der Waals surface area contributed by atoms with Gasteiger partial charge < -0.3 is 26.8 Å². The van der Waals surface area contributed by atoms with Crippen LogP contribution >= 0.6 is 0 Å². The molecule has 13 nitrogen and oxygen atoms in total. The van der Waals surface area contributed by atoms with Crippen LogP contribution in [0.5, 0.6) is 0 Å². The Balaban J connectivity index is 1.36. The third-order valence-corrected chi connectivity index (χ3v) is 6.16. The minimum atomic E-state index is -1.36. The number of fused-ring (bicyclic) bond motifs is 2. The van der Waals surface area contributed by atoms with E-state index in [1.165, 1.54) is 0 Å². The molecule has 0 unspecified atom stereocenters. The lowest BCUT2D eigenvalue weighted by molar-refractivity contribution is 0.0686. The van der Waals surface area contributed by atoms with Gasteiger partial charge in [-0.25, -0.2) is 14.3 Å². The van der Waals surface area contributed by atoms with Gasteiger partial charge in [0.15, 0.2) is 11.3 Å². The summed E-state index contributed by atoms with van der Waals surface area (Å²) in [5, 5.41) is 16.0. The number of carbonyl (C=O) groups excluding carboxylic acids is 2. The predicted molar refractivity (Wildman–Crippen MR) is 127 cm³/mol. The molecule has 2 aromatic heterocycles. The zero-order valence-corrected chi connectivity index (χ0v) is 18.6. The molecule has 36 heavy (non-hydrogen) atoms. The van der Waals surface area contributed by atoms with E-state index in [0.717, 1.165) is 33.5 Å². The number of nitrogens with two attached hydrogens (primary N) is 2. The average molecular weight is 489 g/mol. The maximum absolute atomic E-state index is 12.8. The summed E-state index contributed by atoms with van der Waals surface area (Å²) in [5.41, 5.74) is 11.9. The number of hydrogen-bond acceptors (Lipinski definition) is 9. The van der Waals surface area contributed by atoms with Crippen molar-refractivity contribution >= 4 is 34.8 Å². The summed E-state index contributed by atoms with van der Waals surface area (Å²) < 4.78 is 0.928. The fourth-order valence-corrected chi connectivity index (χ4v) is 4.30. The number of benzene rings is 1. The van der Waals surface area contributed by atoms with Crippen LogP contribution in [0.4, 0.5) is 11.4 Å². The Kier molecular flexibility index (Phi) is 5.24. The highest BCUT2D eigenvalue weighted by atomic mass is 16.4. The van der Waals surface area contributed by atoms with E-state index in [0.29, 0.717) is 19.5 Å². The first kappa shape index (κ1) is 22.7. The predicted octanol–water partition coefficient (Wildman–Crippen LogP) is -0.803. The van der Waals surface area contributed by atoms with Gasteiger partial charge in [-0.15, -0.1) is 0 Å². The van der Waals surface area contributed by atoms with Gasteiger partial charge in [0.25, 0.3) is 22.7 Å². The molecule has 0 radical (unpaired) electrons. The number of rotatable bonds is 6. The van der Waals surface area contributed by atoms with Crippen molar-refractivity contribution in [3.8, 4) is 0 Å². The number of aromatic nitrogens is 3. The lowest BCUT2D eigenvalue weighted by Gasteiger charge is -2.32. The summed E-state index contributed by atoms with van der Waals surface area (Å²) in [5.74, 6) is -2.88. The number of carboxylic acid groups (broad SMARTS) is 1. The van der Waals surface area contributed by atoms with E-state index >= 15 is 0 Å². The SMILES string of the molecule is NC(=O)c1cnn2c(C(=O)O)cc(C(=O)NCc3ccc4c(c3)CN(c3c(N)c(=O)c3=O)CC4)nc12. The fraction of sp³-hybridized carbons (Fsp3) is 0.174. The van der Waals surface area contributed by atoms with Gasteiger partial charge in [-0.05, 0) is 23.1 Å². The first-order valence-electron chi connectivity index (χ1n) is 10.8. The second-order valence-electron chi connectivity index (χ2n) is 8.37. The zero-order chi connectivity index (χ0) is 25.7. The zero-order valence-electron chi connectivity index (χ0n) is 18.6. The van der Waals surface area contributed by atoms with E-state index < -0.39 is 28.6 Å². The van der Waals surface area contributed by atoms with Crippen molar-refractivity contribution in [1.82, 2.24) is 19.9 Å². The van der Waals surface area contributed by atoms with Crippen molar-refractivity contribution in [2.24, 2.45) is 5.73 Å². The largest absolute Gasteiger partial charge is 0.477 e. The van der Waals surface area contributed by atoms with E-state index in [1.807, 2.05) is 18.2 Å². The first-order valence-corrected chi connectivity index (χ1v) is 10.8. The van der Waals surface area contributed by atoms with Crippen LogP contribution in [0.2, 0.25) is 0 Å². The molecular formula is C23H19N7O6. The van der Waals surface area contributed by atoms with Crippen LogP contribution in [0.1, 0.15) is 48.0 Å². The monoisotopic (exact) mass is 489 g/mol. The molecule has 0 saturated heterocycles. The maximum Gasteiger partial charge on any atom is 0.354 e. The second-order valence-corrected chi connectivity index (χ2v) is 8.37. The van der Waals surface area contributed by atoms with E-state index in [4.69, 9.17) is 11.5 Å². The molecule has 3 heterocycles. The summed E-state index contributed by atoms with van der Waals surface area (Å²) in [6.45, 7) is 1.05. The number of primary amides is 1. The Morgan fingerprint density at radius 2 is 1.89 bits per heavy atom. The molecule has 2 aromatic carbocycles. The molecule has 5 rings (SSSR count). The molecule has 13 heteroatoms. The minimum absolute atomic E-state index is 0.0188. The number of carbonyl (C=O) groups is 3. The Hall–Kier alpha value is -5.07. The molecule has 0 aliphatic carbocycles. The minimum Gasteiger partial charge on any atom is -0.477 e. The van der Waals surface area contributed by atoms with Crippen LogP contribution < -0.4 is 32.5 Å². The Morgan fingerprint density at radius 1 is 1.11 bits per heavy atom. The summed E-state index contributed by atoms with van der Waals surface area (Å²) in [4.78, 5) is 65.3. The van der Waals surface area contributed by atoms with Gasteiger partial charge in [0.05, 0.1) is 6.20 Å². The Bertz CT molecular complexity index is 1660. The van der Waals surface area contributed by atoms with E-state index in [1.54, 1.807) is 4.90 Å². The second kappa shape index (κ2) is 8.30. The summed E-state index contributed by atoms with van der Waals surface area (Å²) in [7, 11) is 0. The molecule has 0 spiro atoms. The van der Waals surface area contributed by atoms with Crippen LogP contribution in [0.3, 0.4) is 0 Å². The van der Waals surface area contributed by atoms with Crippen molar-refractivity contribution in [2.45, 2.75) is 19.5 Å². The van der Waals surface area contributed by atoms with E-state index in [-0.39, 0.29) is 40.5 Å². The van der Waals surface area contributed by atoms with Crippen LogP contribution in [0, 0.1) is 0 Å². The number of carboxylic acids is 1. The standard InChI is InChI=1S/C23H19N7O6/c24-16-17(19(32)18(16)31)29-4-3-11-2-1-10(5-12(11)9-29)7-26-22(34)14-6-15(23(35)36)30-21(28-14)13(8-27-30)20(25)33/h1-2,5-6,8H,3-4,7,9,24H2,(H2,25,33)(H,26,34)(H,35,36). The number of nitrogens with one attached hydrogen (secondary N) is 1. The number of aromatic carboxylic acids is 1. The third-order valence-electron chi connectivity index (χ3n) is 6.16. The van der Waals surface area contributed by atoms with Crippen LogP contribution in [0.15, 0.2) is 40.1 Å². The molecule has 0 atom stereocenters. The van der Waals surface area contributed by atoms with E-state index in [2.05, 4.69) is 15.4 Å². The number of hydrogen-bond donors (Lipinski definition) is 4. The fourth-order valence-electron chi connectivity index (χ4n) is 4.30. The van der Waals surface area contributed by atoms with Crippen molar-refractivity contribution in [3.05, 3.63) is 84.6 Å². The molecular weight excluding hydrogens is 470 g/mol. The smallest absolute Gasteiger partial charge is 0.354 e. The van der Waals surface area contributed by atoms with E-state index in [9.17, 15) is 29.1 Å². The Morgan fingerprint density at radius 3 is 2.58 bits per heavy atom. The molecule has 1 aliphatic heterocycles. The molecule has 0 fully saturated rings. The third kappa shape index (κ3) is 3.62. The van der Waals surface area contributed by atoms with Crippen LogP contribution in [0.25, 0.3) is 5.65 Å². The molecule has 2 amide bonds. The lowest BCUT2D eigenvalue weighted by Crippen LogP contribution is -2.44. The van der Waals surface area contributed by atoms with Gasteiger partial charge in [-0.3, -0.25) is 19.2 Å². The molecule has 6 N–H and O–H groups in total. The average Bonchev–Trinajstić information content (AvgIpc) is 3.30. The number of amides is 2. The van der Waals surface area contributed by atoms with Gasteiger partial charge in [-0.2, -0.15) is 5.10 Å². The van der Waals surface area contributed by atoms with Crippen LogP contribution in [-0.4, -0.2) is 44.0 Å². The van der Waals surface area contributed by atoms with Gasteiger partial charge in [0, 0.05) is 25.7 Å². The van der Waals surface area contributed by atoms with Gasteiger partial charge in [-0.1, -0.05) is 18.2 Å². The molecule has 0 saturated carbocycles. The summed E-state index contributed by atoms with van der Waals surface area (Å²) in [6.07, 6.45) is 1.75. The van der Waals surface area contributed by atoms with Crippen molar-refractivity contribution < 1.29 is 19.5 Å². The molecule has 4 aromatic rings. The first-order chi connectivity index (χ1) is 17.2. The number of anilines is 2. The summed E-state index contributed by atoms with van der Waals surface area (Å²) in [6, 6.07) is 6.72.